The quantitative estimate of drug-likeness (QED) is 0.530. The molecule has 1 aromatic rings. The van der Waals surface area contributed by atoms with Crippen molar-refractivity contribution in [1.82, 2.24) is 4.98 Å². The molecule has 1 aliphatic rings. The summed E-state index contributed by atoms with van der Waals surface area (Å²) >= 11 is 0. The molecule has 1 heterocycles. The van der Waals surface area contributed by atoms with Crippen LogP contribution in [-0.4, -0.2) is 42.8 Å². The summed E-state index contributed by atoms with van der Waals surface area (Å²) in [6, 6.07) is 3.95. The van der Waals surface area contributed by atoms with Crippen molar-refractivity contribution in [3.63, 3.8) is 0 Å². The van der Waals surface area contributed by atoms with Crippen molar-refractivity contribution in [2.45, 2.75) is 52.1 Å². The molecule has 0 saturated carbocycles. The molecule has 2 atom stereocenters. The summed E-state index contributed by atoms with van der Waals surface area (Å²) in [6.07, 6.45) is 3.82. The van der Waals surface area contributed by atoms with Crippen LogP contribution >= 0.6 is 0 Å². The predicted octanol–water partition coefficient (Wildman–Crippen LogP) is 2.65. The Labute approximate surface area is 148 Å². The van der Waals surface area contributed by atoms with Crippen LogP contribution in [0.5, 0.6) is 0 Å². The van der Waals surface area contributed by atoms with Crippen LogP contribution in [0.3, 0.4) is 0 Å². The van der Waals surface area contributed by atoms with E-state index in [1.807, 2.05) is 19.1 Å². The van der Waals surface area contributed by atoms with Gasteiger partial charge < -0.3 is 14.2 Å². The van der Waals surface area contributed by atoms with E-state index in [0.29, 0.717) is 6.61 Å². The zero-order chi connectivity index (χ0) is 18.2. The van der Waals surface area contributed by atoms with Crippen molar-refractivity contribution in [2.24, 2.45) is 5.92 Å². The third kappa shape index (κ3) is 4.57. The molecule has 138 valence electrons. The highest BCUT2D eigenvalue weighted by molar-refractivity contribution is 5.95. The SMILES string of the molecule is CCOC(=O)C(C(=O)OCC)C(OCC)C1CCCc2cccnc21. The lowest BCUT2D eigenvalue weighted by atomic mass is 9.78. The standard InChI is InChI=1S/C19H27NO5/c1-4-23-17(15(18(21)24-5-2)19(22)25-6-3)14-11-7-9-13-10-8-12-20-16(13)14/h8,10,12,14-15,17H,4-7,9,11H2,1-3H3. The average Bonchev–Trinajstić information content (AvgIpc) is 2.61. The van der Waals surface area contributed by atoms with Gasteiger partial charge in [0, 0.05) is 24.4 Å². The minimum atomic E-state index is -1.10. The summed E-state index contributed by atoms with van der Waals surface area (Å²) in [5, 5.41) is 0. The van der Waals surface area contributed by atoms with Crippen LogP contribution in [0, 0.1) is 5.92 Å². The van der Waals surface area contributed by atoms with E-state index in [2.05, 4.69) is 4.98 Å². The molecule has 25 heavy (non-hydrogen) atoms. The molecule has 0 bridgehead atoms. The molecule has 0 aromatic carbocycles. The maximum Gasteiger partial charge on any atom is 0.323 e. The van der Waals surface area contributed by atoms with Crippen molar-refractivity contribution in [2.75, 3.05) is 19.8 Å². The lowest BCUT2D eigenvalue weighted by Gasteiger charge is -2.34. The Morgan fingerprint density at radius 1 is 1.16 bits per heavy atom. The van der Waals surface area contributed by atoms with E-state index in [1.165, 1.54) is 0 Å². The monoisotopic (exact) mass is 349 g/mol. The van der Waals surface area contributed by atoms with Crippen molar-refractivity contribution in [3.8, 4) is 0 Å². The van der Waals surface area contributed by atoms with E-state index >= 15 is 0 Å². The topological polar surface area (TPSA) is 74.7 Å². The Hall–Kier alpha value is -1.95. The number of aromatic nitrogens is 1. The molecule has 2 unspecified atom stereocenters. The van der Waals surface area contributed by atoms with E-state index in [4.69, 9.17) is 14.2 Å². The summed E-state index contributed by atoms with van der Waals surface area (Å²) in [4.78, 5) is 29.5. The molecule has 0 spiro atoms. The maximum absolute atomic E-state index is 12.5. The van der Waals surface area contributed by atoms with E-state index in [1.54, 1.807) is 20.0 Å². The molecular formula is C19H27NO5. The van der Waals surface area contributed by atoms with E-state index in [0.717, 1.165) is 30.5 Å². The van der Waals surface area contributed by atoms with Gasteiger partial charge in [0.05, 0.1) is 19.3 Å². The second kappa shape index (κ2) is 9.51. The molecule has 0 saturated heterocycles. The molecule has 6 heteroatoms. The molecule has 1 aliphatic carbocycles. The number of fused-ring (bicyclic) bond motifs is 1. The van der Waals surface area contributed by atoms with Gasteiger partial charge in [-0.3, -0.25) is 14.6 Å². The van der Waals surface area contributed by atoms with Crippen LogP contribution in [0.15, 0.2) is 18.3 Å². The van der Waals surface area contributed by atoms with Gasteiger partial charge in [0.1, 0.15) is 0 Å². The van der Waals surface area contributed by atoms with E-state index in [-0.39, 0.29) is 19.1 Å². The van der Waals surface area contributed by atoms with Gasteiger partial charge in [-0.25, -0.2) is 0 Å². The smallest absolute Gasteiger partial charge is 0.323 e. The number of nitrogens with zero attached hydrogens (tertiary/aromatic N) is 1. The highest BCUT2D eigenvalue weighted by Crippen LogP contribution is 2.37. The summed E-state index contributed by atoms with van der Waals surface area (Å²) in [5.74, 6) is -2.42. The molecule has 6 nitrogen and oxygen atoms in total. The molecular weight excluding hydrogens is 322 g/mol. The molecule has 0 amide bonds. The largest absolute Gasteiger partial charge is 0.465 e. The Morgan fingerprint density at radius 3 is 2.44 bits per heavy atom. The lowest BCUT2D eigenvalue weighted by molar-refractivity contribution is -0.170. The molecule has 0 N–H and O–H groups in total. The highest BCUT2D eigenvalue weighted by atomic mass is 16.6. The molecule has 1 aromatic heterocycles. The van der Waals surface area contributed by atoms with Gasteiger partial charge in [-0.2, -0.15) is 0 Å². The van der Waals surface area contributed by atoms with Gasteiger partial charge in [-0.15, -0.1) is 0 Å². The summed E-state index contributed by atoms with van der Waals surface area (Å²) < 4.78 is 16.2. The second-order valence-corrected chi connectivity index (χ2v) is 5.95. The van der Waals surface area contributed by atoms with Gasteiger partial charge in [-0.1, -0.05) is 6.07 Å². The number of aryl methyl sites for hydroxylation is 1. The first kappa shape index (κ1) is 19.4. The zero-order valence-electron chi connectivity index (χ0n) is 15.2. The third-order valence-corrected chi connectivity index (χ3v) is 4.40. The number of pyridine rings is 1. The summed E-state index contributed by atoms with van der Waals surface area (Å²) in [7, 11) is 0. The van der Waals surface area contributed by atoms with Crippen LogP contribution in [0.2, 0.25) is 0 Å². The molecule has 2 rings (SSSR count). The minimum absolute atomic E-state index is 0.135. The van der Waals surface area contributed by atoms with Gasteiger partial charge in [0.15, 0.2) is 5.92 Å². The number of carbonyl (C=O) groups excluding carboxylic acids is 2. The van der Waals surface area contributed by atoms with Crippen LogP contribution in [0.1, 0.15) is 50.8 Å². The van der Waals surface area contributed by atoms with Crippen LogP contribution < -0.4 is 0 Å². The fraction of sp³-hybridized carbons (Fsp3) is 0.632. The summed E-state index contributed by atoms with van der Waals surface area (Å²) in [6.45, 7) is 6.07. The fourth-order valence-corrected chi connectivity index (χ4v) is 3.43. The molecule has 0 fully saturated rings. The second-order valence-electron chi connectivity index (χ2n) is 5.95. The highest BCUT2D eigenvalue weighted by Gasteiger charge is 2.44. The van der Waals surface area contributed by atoms with Gasteiger partial charge >= 0.3 is 11.9 Å². The number of hydrogen-bond donors (Lipinski definition) is 0. The normalized spacial score (nSPS) is 17.7. The van der Waals surface area contributed by atoms with Crippen LogP contribution in [-0.2, 0) is 30.2 Å². The average molecular weight is 349 g/mol. The Morgan fingerprint density at radius 2 is 1.84 bits per heavy atom. The number of hydrogen-bond acceptors (Lipinski definition) is 6. The molecule has 0 radical (unpaired) electrons. The number of carbonyl (C=O) groups is 2. The molecule has 0 aliphatic heterocycles. The van der Waals surface area contributed by atoms with E-state index < -0.39 is 24.0 Å². The zero-order valence-corrected chi connectivity index (χ0v) is 15.2. The van der Waals surface area contributed by atoms with Crippen molar-refractivity contribution >= 4 is 11.9 Å². The van der Waals surface area contributed by atoms with E-state index in [9.17, 15) is 9.59 Å². The van der Waals surface area contributed by atoms with Crippen molar-refractivity contribution in [1.29, 1.82) is 0 Å². The van der Waals surface area contributed by atoms with Gasteiger partial charge in [-0.05, 0) is 51.7 Å². The maximum atomic E-state index is 12.5. The van der Waals surface area contributed by atoms with Gasteiger partial charge in [0.2, 0.25) is 0 Å². The van der Waals surface area contributed by atoms with Crippen molar-refractivity contribution in [3.05, 3.63) is 29.6 Å². The summed E-state index contributed by atoms with van der Waals surface area (Å²) in [5.41, 5.74) is 2.06. The minimum Gasteiger partial charge on any atom is -0.465 e. The Kier molecular flexibility index (Phi) is 7.37. The third-order valence-electron chi connectivity index (χ3n) is 4.40. The first-order chi connectivity index (χ1) is 12.1. The number of rotatable bonds is 8. The Bertz CT molecular complexity index is 571. The van der Waals surface area contributed by atoms with Crippen molar-refractivity contribution < 1.29 is 23.8 Å². The number of esters is 2. The van der Waals surface area contributed by atoms with Gasteiger partial charge in [0.25, 0.3) is 0 Å². The Balaban J connectivity index is 2.39. The first-order valence-electron chi connectivity index (χ1n) is 9.02. The fourth-order valence-electron chi connectivity index (χ4n) is 3.43. The lowest BCUT2D eigenvalue weighted by Crippen LogP contribution is -2.43. The first-order valence-corrected chi connectivity index (χ1v) is 9.02. The predicted molar refractivity (Wildman–Crippen MR) is 92.1 cm³/mol. The number of ether oxygens (including phenoxy) is 3. The van der Waals surface area contributed by atoms with Crippen LogP contribution in [0.4, 0.5) is 0 Å². The van der Waals surface area contributed by atoms with Crippen LogP contribution in [0.25, 0.3) is 0 Å².